The van der Waals surface area contributed by atoms with E-state index in [0.29, 0.717) is 12.6 Å². The van der Waals surface area contributed by atoms with Crippen molar-refractivity contribution in [3.63, 3.8) is 0 Å². The van der Waals surface area contributed by atoms with Gasteiger partial charge in [0.15, 0.2) is 0 Å². The Hall–Kier alpha value is -1.58. The highest BCUT2D eigenvalue weighted by Crippen LogP contribution is 2.43. The summed E-state index contributed by atoms with van der Waals surface area (Å²) in [6, 6.07) is 2.84. The first-order valence-electron chi connectivity index (χ1n) is 9.32. The maximum Gasteiger partial charge on any atom is 0.223 e. The van der Waals surface area contributed by atoms with E-state index in [1.165, 1.54) is 44.2 Å². The van der Waals surface area contributed by atoms with Crippen LogP contribution in [0.15, 0.2) is 18.2 Å². The molecule has 0 aliphatic heterocycles. The van der Waals surface area contributed by atoms with Crippen LogP contribution in [0.1, 0.15) is 81.1 Å². The standard InChI is InChI=1S/C19H27N3O/c23-19(15-6-2-1-3-7-15)20-13-16-12-18(14-10-11-14)22(21-16)17-8-4-5-9-17/h1-2,12,14-15,17H,3-11,13H2,(H,20,23). The topological polar surface area (TPSA) is 46.9 Å². The van der Waals surface area contributed by atoms with Crippen molar-refractivity contribution in [2.45, 2.75) is 76.3 Å². The largest absolute Gasteiger partial charge is 0.350 e. The van der Waals surface area contributed by atoms with Crippen molar-refractivity contribution in [2.75, 3.05) is 0 Å². The summed E-state index contributed by atoms with van der Waals surface area (Å²) in [5, 5.41) is 7.97. The van der Waals surface area contributed by atoms with Crippen LogP contribution in [-0.2, 0) is 11.3 Å². The van der Waals surface area contributed by atoms with E-state index in [1.807, 2.05) is 0 Å². The Labute approximate surface area is 138 Å². The molecule has 2 saturated carbocycles. The minimum atomic E-state index is 0.153. The molecule has 0 bridgehead atoms. The lowest BCUT2D eigenvalue weighted by molar-refractivity contribution is -0.125. The van der Waals surface area contributed by atoms with Crippen LogP contribution < -0.4 is 5.32 Å². The molecular formula is C19H27N3O. The van der Waals surface area contributed by atoms with Gasteiger partial charge in [-0.1, -0.05) is 25.0 Å². The van der Waals surface area contributed by atoms with Crippen LogP contribution in [0, 0.1) is 5.92 Å². The number of allylic oxidation sites excluding steroid dienone is 2. The zero-order chi connectivity index (χ0) is 15.6. The predicted molar refractivity (Wildman–Crippen MR) is 90.0 cm³/mol. The SMILES string of the molecule is O=C(NCc1cc(C2CC2)n(C2CCCC2)n1)C1CC=CCC1. The number of aromatic nitrogens is 2. The monoisotopic (exact) mass is 313 g/mol. The highest BCUT2D eigenvalue weighted by molar-refractivity contribution is 5.78. The summed E-state index contributed by atoms with van der Waals surface area (Å²) in [4.78, 5) is 12.3. The van der Waals surface area contributed by atoms with Crippen molar-refractivity contribution < 1.29 is 4.79 Å². The zero-order valence-electron chi connectivity index (χ0n) is 13.8. The summed E-state index contributed by atoms with van der Waals surface area (Å²) in [5.74, 6) is 1.06. The van der Waals surface area contributed by atoms with Crippen LogP contribution in [0.25, 0.3) is 0 Å². The van der Waals surface area contributed by atoms with Gasteiger partial charge in [0.05, 0.1) is 18.3 Å². The van der Waals surface area contributed by atoms with Crippen molar-refractivity contribution >= 4 is 5.91 Å². The van der Waals surface area contributed by atoms with Gasteiger partial charge >= 0.3 is 0 Å². The van der Waals surface area contributed by atoms with Crippen LogP contribution >= 0.6 is 0 Å². The molecule has 1 aromatic heterocycles. The van der Waals surface area contributed by atoms with E-state index in [4.69, 9.17) is 5.10 Å². The molecule has 0 saturated heterocycles. The average Bonchev–Trinajstić information content (AvgIpc) is 3.12. The van der Waals surface area contributed by atoms with E-state index >= 15 is 0 Å². The van der Waals surface area contributed by atoms with Gasteiger partial charge in [-0.05, 0) is 51.0 Å². The summed E-state index contributed by atoms with van der Waals surface area (Å²) in [6.45, 7) is 0.582. The third-order valence-corrected chi connectivity index (χ3v) is 5.57. The molecular weight excluding hydrogens is 286 g/mol. The Bertz CT molecular complexity index is 594. The quantitative estimate of drug-likeness (QED) is 0.839. The van der Waals surface area contributed by atoms with Crippen molar-refractivity contribution in [1.82, 2.24) is 15.1 Å². The number of amides is 1. The van der Waals surface area contributed by atoms with Gasteiger partial charge < -0.3 is 5.32 Å². The Morgan fingerprint density at radius 3 is 2.70 bits per heavy atom. The average molecular weight is 313 g/mol. The van der Waals surface area contributed by atoms with Crippen molar-refractivity contribution in [1.29, 1.82) is 0 Å². The third-order valence-electron chi connectivity index (χ3n) is 5.57. The zero-order valence-corrected chi connectivity index (χ0v) is 13.8. The van der Waals surface area contributed by atoms with Gasteiger partial charge in [0.1, 0.15) is 0 Å². The van der Waals surface area contributed by atoms with Gasteiger partial charge in [-0.25, -0.2) is 0 Å². The third kappa shape index (κ3) is 3.36. The molecule has 0 radical (unpaired) electrons. The summed E-state index contributed by atoms with van der Waals surface area (Å²) >= 11 is 0. The highest BCUT2D eigenvalue weighted by Gasteiger charge is 2.31. The smallest absolute Gasteiger partial charge is 0.223 e. The van der Waals surface area contributed by atoms with Crippen LogP contribution in [0.3, 0.4) is 0 Å². The lowest BCUT2D eigenvalue weighted by Gasteiger charge is -2.16. The second-order valence-corrected chi connectivity index (χ2v) is 7.42. The van der Waals surface area contributed by atoms with E-state index in [1.54, 1.807) is 0 Å². The molecule has 23 heavy (non-hydrogen) atoms. The summed E-state index contributed by atoms with van der Waals surface area (Å²) in [5.41, 5.74) is 2.46. The molecule has 2 fully saturated rings. The number of hydrogen-bond acceptors (Lipinski definition) is 2. The first-order valence-corrected chi connectivity index (χ1v) is 9.32. The number of carbonyl (C=O) groups excluding carboxylic acids is 1. The number of hydrogen-bond donors (Lipinski definition) is 1. The molecule has 1 N–H and O–H groups in total. The fourth-order valence-corrected chi connectivity index (χ4v) is 4.03. The number of carbonyl (C=O) groups is 1. The molecule has 1 atom stereocenters. The summed E-state index contributed by atoms with van der Waals surface area (Å²) in [7, 11) is 0. The number of nitrogens with one attached hydrogen (secondary N) is 1. The first kappa shape index (κ1) is 15.0. The first-order chi connectivity index (χ1) is 11.3. The molecule has 1 heterocycles. The van der Waals surface area contributed by atoms with Gasteiger partial charge in [-0.15, -0.1) is 0 Å². The number of rotatable bonds is 5. The molecule has 3 aliphatic rings. The molecule has 1 aromatic rings. The van der Waals surface area contributed by atoms with Crippen LogP contribution in [0.4, 0.5) is 0 Å². The van der Waals surface area contributed by atoms with E-state index in [2.05, 4.69) is 28.2 Å². The Kier molecular flexibility index (Phi) is 4.23. The van der Waals surface area contributed by atoms with E-state index in [0.717, 1.165) is 30.9 Å². The van der Waals surface area contributed by atoms with E-state index in [-0.39, 0.29) is 11.8 Å². The molecule has 1 amide bonds. The van der Waals surface area contributed by atoms with Gasteiger partial charge in [0.2, 0.25) is 5.91 Å². The van der Waals surface area contributed by atoms with Crippen molar-refractivity contribution in [2.24, 2.45) is 5.92 Å². The van der Waals surface area contributed by atoms with Gasteiger partial charge in [-0.2, -0.15) is 5.10 Å². The van der Waals surface area contributed by atoms with Gasteiger partial charge in [0, 0.05) is 17.5 Å². The Morgan fingerprint density at radius 1 is 1.17 bits per heavy atom. The van der Waals surface area contributed by atoms with Crippen LogP contribution in [0.2, 0.25) is 0 Å². The molecule has 0 aromatic carbocycles. The fraction of sp³-hybridized carbons (Fsp3) is 0.684. The molecule has 0 spiro atoms. The fourth-order valence-electron chi connectivity index (χ4n) is 4.03. The lowest BCUT2D eigenvalue weighted by atomic mass is 9.94. The summed E-state index contributed by atoms with van der Waals surface area (Å²) in [6.07, 6.45) is 15.0. The van der Waals surface area contributed by atoms with Gasteiger partial charge in [0.25, 0.3) is 0 Å². The predicted octanol–water partition coefficient (Wildman–Crippen LogP) is 3.85. The number of nitrogens with zero attached hydrogens (tertiary/aromatic N) is 2. The van der Waals surface area contributed by atoms with Crippen molar-refractivity contribution in [3.05, 3.63) is 29.6 Å². The second kappa shape index (κ2) is 6.50. The van der Waals surface area contributed by atoms with Crippen molar-refractivity contribution in [3.8, 4) is 0 Å². The van der Waals surface area contributed by atoms with Gasteiger partial charge in [-0.3, -0.25) is 9.48 Å². The Morgan fingerprint density at radius 2 is 2.00 bits per heavy atom. The van der Waals surface area contributed by atoms with E-state index < -0.39 is 0 Å². The Balaban J connectivity index is 1.41. The van der Waals surface area contributed by atoms with E-state index in [9.17, 15) is 4.79 Å². The minimum Gasteiger partial charge on any atom is -0.350 e. The molecule has 4 heteroatoms. The summed E-state index contributed by atoms with van der Waals surface area (Å²) < 4.78 is 2.30. The normalized spacial score (nSPS) is 25.0. The molecule has 3 aliphatic carbocycles. The highest BCUT2D eigenvalue weighted by atomic mass is 16.1. The molecule has 4 nitrogen and oxygen atoms in total. The second-order valence-electron chi connectivity index (χ2n) is 7.42. The minimum absolute atomic E-state index is 0.153. The molecule has 124 valence electrons. The van der Waals surface area contributed by atoms with Crippen LogP contribution in [-0.4, -0.2) is 15.7 Å². The maximum atomic E-state index is 12.3. The van der Waals surface area contributed by atoms with Crippen LogP contribution in [0.5, 0.6) is 0 Å². The maximum absolute atomic E-state index is 12.3. The lowest BCUT2D eigenvalue weighted by Crippen LogP contribution is -2.30. The molecule has 4 rings (SSSR count). The molecule has 1 unspecified atom stereocenters.